The number of carbonyl (C=O) groups is 2. The molecule has 0 radical (unpaired) electrons. The molecule has 0 bridgehead atoms. The van der Waals surface area contributed by atoms with Crippen molar-refractivity contribution in [3.8, 4) is 0 Å². The van der Waals surface area contributed by atoms with Crippen LogP contribution in [0.1, 0.15) is 24.8 Å². The van der Waals surface area contributed by atoms with Crippen LogP contribution in [0, 0.1) is 5.92 Å². The van der Waals surface area contributed by atoms with Crippen molar-refractivity contribution in [1.82, 2.24) is 10.2 Å². The third-order valence-corrected chi connectivity index (χ3v) is 4.95. The van der Waals surface area contributed by atoms with Crippen molar-refractivity contribution in [3.05, 3.63) is 29.8 Å². The van der Waals surface area contributed by atoms with E-state index in [2.05, 4.69) is 5.32 Å². The lowest BCUT2D eigenvalue weighted by molar-refractivity contribution is 0.101. The first-order valence-electron chi connectivity index (χ1n) is 8.30. The molecule has 1 aromatic rings. The van der Waals surface area contributed by atoms with E-state index in [1.807, 2.05) is 29.2 Å². The van der Waals surface area contributed by atoms with Gasteiger partial charge in [-0.05, 0) is 42.9 Å². The Morgan fingerprint density at radius 3 is 2.52 bits per heavy atom. The Hall–Kier alpha value is -2.24. The molecule has 23 heavy (non-hydrogen) atoms. The van der Waals surface area contributed by atoms with Gasteiger partial charge in [-0.1, -0.05) is 12.1 Å². The maximum atomic E-state index is 12.2. The van der Waals surface area contributed by atoms with Crippen LogP contribution in [-0.2, 0) is 11.3 Å². The molecule has 0 aromatic heterocycles. The molecular weight excluding hydrogens is 294 g/mol. The smallest absolute Gasteiger partial charge is 0.414 e. The molecule has 2 heterocycles. The van der Waals surface area contributed by atoms with Gasteiger partial charge in [0.15, 0.2) is 0 Å². The summed E-state index contributed by atoms with van der Waals surface area (Å²) in [6, 6.07) is 8.18. The van der Waals surface area contributed by atoms with Gasteiger partial charge in [0, 0.05) is 24.8 Å². The maximum absolute atomic E-state index is 12.2. The Bertz CT molecular complexity index is 612. The summed E-state index contributed by atoms with van der Waals surface area (Å²) in [5, 5.41) is 2.99. The minimum Gasteiger partial charge on any atom is -0.447 e. The predicted molar refractivity (Wildman–Crippen MR) is 85.2 cm³/mol. The Kier molecular flexibility index (Phi) is 3.59. The number of nitrogens with one attached hydrogen (secondary N) is 1. The van der Waals surface area contributed by atoms with E-state index in [1.54, 1.807) is 4.90 Å². The van der Waals surface area contributed by atoms with E-state index in [0.717, 1.165) is 30.1 Å². The number of benzene rings is 1. The summed E-state index contributed by atoms with van der Waals surface area (Å²) in [4.78, 5) is 27.3. The van der Waals surface area contributed by atoms with Crippen molar-refractivity contribution in [3.63, 3.8) is 0 Å². The van der Waals surface area contributed by atoms with Gasteiger partial charge in [-0.3, -0.25) is 4.90 Å². The second-order valence-corrected chi connectivity index (χ2v) is 6.48. The van der Waals surface area contributed by atoms with Crippen molar-refractivity contribution in [2.75, 3.05) is 24.6 Å². The van der Waals surface area contributed by atoms with E-state index in [0.29, 0.717) is 25.7 Å². The average molecular weight is 315 g/mol. The average Bonchev–Trinajstić information content (AvgIpc) is 3.24. The lowest BCUT2D eigenvalue weighted by Crippen LogP contribution is -2.55. The van der Waals surface area contributed by atoms with Crippen molar-refractivity contribution in [1.29, 1.82) is 0 Å². The van der Waals surface area contributed by atoms with Crippen molar-refractivity contribution in [2.45, 2.75) is 31.8 Å². The minimum atomic E-state index is -0.296. The van der Waals surface area contributed by atoms with Gasteiger partial charge in [0.25, 0.3) is 0 Å². The summed E-state index contributed by atoms with van der Waals surface area (Å²) >= 11 is 0. The van der Waals surface area contributed by atoms with Gasteiger partial charge in [-0.15, -0.1) is 0 Å². The van der Waals surface area contributed by atoms with Gasteiger partial charge >= 0.3 is 12.1 Å². The first-order chi connectivity index (χ1) is 11.2. The quantitative estimate of drug-likeness (QED) is 0.927. The molecule has 2 aliphatic heterocycles. The Morgan fingerprint density at radius 2 is 1.96 bits per heavy atom. The highest BCUT2D eigenvalue weighted by molar-refractivity contribution is 5.89. The number of amides is 3. The normalized spacial score (nSPS) is 23.5. The molecule has 4 rings (SSSR count). The molecule has 1 N–H and O–H groups in total. The Balaban J connectivity index is 1.30. The predicted octanol–water partition coefficient (Wildman–Crippen LogP) is 2.34. The molecule has 6 heteroatoms. The molecule has 6 nitrogen and oxygen atoms in total. The van der Waals surface area contributed by atoms with E-state index in [-0.39, 0.29) is 12.1 Å². The van der Waals surface area contributed by atoms with E-state index < -0.39 is 0 Å². The zero-order valence-corrected chi connectivity index (χ0v) is 13.0. The van der Waals surface area contributed by atoms with Gasteiger partial charge in [0.2, 0.25) is 0 Å². The largest absolute Gasteiger partial charge is 0.447 e. The zero-order valence-electron chi connectivity index (χ0n) is 13.0. The highest BCUT2D eigenvalue weighted by Crippen LogP contribution is 2.40. The third-order valence-electron chi connectivity index (χ3n) is 4.95. The van der Waals surface area contributed by atoms with Gasteiger partial charge < -0.3 is 15.0 Å². The lowest BCUT2D eigenvalue weighted by atomic mass is 9.99. The number of anilines is 1. The fourth-order valence-corrected chi connectivity index (χ4v) is 3.33. The number of urea groups is 1. The van der Waals surface area contributed by atoms with Crippen LogP contribution in [0.5, 0.6) is 0 Å². The molecule has 1 atom stereocenters. The molecule has 2 saturated heterocycles. The molecule has 1 unspecified atom stereocenters. The molecule has 3 amide bonds. The van der Waals surface area contributed by atoms with Crippen LogP contribution in [0.25, 0.3) is 0 Å². The van der Waals surface area contributed by atoms with E-state index in [1.165, 1.54) is 12.8 Å². The topological polar surface area (TPSA) is 61.9 Å². The summed E-state index contributed by atoms with van der Waals surface area (Å²) in [5.74, 6) is 0.744. The highest BCUT2D eigenvalue weighted by Gasteiger charge is 2.42. The molecule has 0 spiro atoms. The number of likely N-dealkylation sites (tertiary alicyclic amines) is 1. The van der Waals surface area contributed by atoms with Crippen LogP contribution in [0.15, 0.2) is 24.3 Å². The van der Waals surface area contributed by atoms with Crippen molar-refractivity contribution >= 4 is 17.8 Å². The summed E-state index contributed by atoms with van der Waals surface area (Å²) < 4.78 is 4.93. The molecule has 1 aromatic carbocycles. The van der Waals surface area contributed by atoms with Crippen LogP contribution < -0.4 is 10.2 Å². The number of carbonyl (C=O) groups excluding carboxylic acids is 2. The van der Waals surface area contributed by atoms with E-state index in [4.69, 9.17) is 4.74 Å². The molecule has 122 valence electrons. The molecule has 3 fully saturated rings. The first-order valence-corrected chi connectivity index (χ1v) is 8.30. The second-order valence-electron chi connectivity index (χ2n) is 6.48. The van der Waals surface area contributed by atoms with Crippen LogP contribution in [0.3, 0.4) is 0 Å². The lowest BCUT2D eigenvalue weighted by Gasteiger charge is -2.41. The maximum Gasteiger partial charge on any atom is 0.414 e. The van der Waals surface area contributed by atoms with Crippen LogP contribution in [0.4, 0.5) is 15.3 Å². The third kappa shape index (κ3) is 2.85. The van der Waals surface area contributed by atoms with Crippen LogP contribution in [0.2, 0.25) is 0 Å². The van der Waals surface area contributed by atoms with Gasteiger partial charge in [-0.2, -0.15) is 0 Å². The summed E-state index contributed by atoms with van der Waals surface area (Å²) in [6.45, 7) is 2.42. The SMILES string of the molecule is O=C1OCCN1c1ccc(CNC(=O)N2CCC2C2CC2)cc1. The number of cyclic esters (lactones) is 1. The fourth-order valence-electron chi connectivity index (χ4n) is 3.33. The summed E-state index contributed by atoms with van der Waals surface area (Å²) in [7, 11) is 0. The number of rotatable bonds is 4. The molecular formula is C17H21N3O3. The van der Waals surface area contributed by atoms with Crippen LogP contribution >= 0.6 is 0 Å². The van der Waals surface area contributed by atoms with E-state index >= 15 is 0 Å². The standard InChI is InChI=1S/C17H21N3O3/c21-16(20-8-7-15(20)13-3-4-13)18-11-12-1-5-14(6-2-12)19-9-10-23-17(19)22/h1-2,5-6,13,15H,3-4,7-11H2,(H,18,21). The molecule has 1 aliphatic carbocycles. The van der Waals surface area contributed by atoms with Gasteiger partial charge in [-0.25, -0.2) is 9.59 Å². The summed E-state index contributed by atoms with van der Waals surface area (Å²) in [5.41, 5.74) is 1.86. The zero-order chi connectivity index (χ0) is 15.8. The number of hydrogen-bond acceptors (Lipinski definition) is 3. The van der Waals surface area contributed by atoms with Crippen molar-refractivity contribution in [2.24, 2.45) is 5.92 Å². The molecule has 1 saturated carbocycles. The van der Waals surface area contributed by atoms with Gasteiger partial charge in [0.05, 0.1) is 6.54 Å². The van der Waals surface area contributed by atoms with Gasteiger partial charge in [0.1, 0.15) is 6.61 Å². The molecule has 3 aliphatic rings. The monoisotopic (exact) mass is 315 g/mol. The number of ether oxygens (including phenoxy) is 1. The Morgan fingerprint density at radius 1 is 1.17 bits per heavy atom. The highest BCUT2D eigenvalue weighted by atomic mass is 16.6. The van der Waals surface area contributed by atoms with E-state index in [9.17, 15) is 9.59 Å². The first kappa shape index (κ1) is 14.4. The minimum absolute atomic E-state index is 0.0420. The number of hydrogen-bond donors (Lipinski definition) is 1. The Labute approximate surface area is 135 Å². The number of nitrogens with zero attached hydrogens (tertiary/aromatic N) is 2. The second kappa shape index (κ2) is 5.76. The van der Waals surface area contributed by atoms with Crippen molar-refractivity contribution < 1.29 is 14.3 Å². The fraction of sp³-hybridized carbons (Fsp3) is 0.529. The van der Waals surface area contributed by atoms with Crippen LogP contribution in [-0.4, -0.2) is 42.8 Å². The summed E-state index contributed by atoms with van der Waals surface area (Å²) in [6.07, 6.45) is 3.40.